The smallest absolute Gasteiger partial charge is 0.289 e. The van der Waals surface area contributed by atoms with Crippen LogP contribution >= 0.6 is 0 Å². The van der Waals surface area contributed by atoms with Crippen molar-refractivity contribution in [2.24, 2.45) is 0 Å². The molecule has 3 rings (SSSR count). The van der Waals surface area contributed by atoms with Crippen molar-refractivity contribution < 1.29 is 26.4 Å². The van der Waals surface area contributed by atoms with Crippen LogP contribution in [0.2, 0.25) is 0 Å². The molecule has 0 radical (unpaired) electrons. The van der Waals surface area contributed by atoms with Crippen LogP contribution in [0.4, 0.5) is 13.2 Å². The molecule has 0 amide bonds. The van der Waals surface area contributed by atoms with E-state index in [1.165, 1.54) is 30.5 Å². The number of carbonyl (C=O) groups is 1. The fourth-order valence-electron chi connectivity index (χ4n) is 3.01. The number of halogens is 3. The summed E-state index contributed by atoms with van der Waals surface area (Å²) in [6.45, 7) is 1.80. The summed E-state index contributed by atoms with van der Waals surface area (Å²) in [5, 5.41) is 4.17. The largest absolute Gasteiger partial charge is 0.416 e. The lowest BCUT2D eigenvalue weighted by Crippen LogP contribution is -2.31. The van der Waals surface area contributed by atoms with E-state index in [0.717, 1.165) is 12.1 Å². The van der Waals surface area contributed by atoms with Gasteiger partial charge in [-0.2, -0.15) is 18.3 Å². The number of carbonyl (C=O) groups excluding carboxylic acids is 1. The van der Waals surface area contributed by atoms with Crippen LogP contribution in [-0.4, -0.2) is 35.5 Å². The van der Waals surface area contributed by atoms with E-state index in [1.807, 2.05) is 0 Å². The number of hydrogen-bond acceptors (Lipinski definition) is 4. The molecule has 0 bridgehead atoms. The second kappa shape index (κ2) is 6.63. The third-order valence-corrected chi connectivity index (χ3v) is 6.43. The summed E-state index contributed by atoms with van der Waals surface area (Å²) in [6, 6.07) is 4.21. The van der Waals surface area contributed by atoms with Crippen molar-refractivity contribution in [3.8, 4) is 0 Å². The Bertz CT molecular complexity index is 1010. The minimum absolute atomic E-state index is 0.00595. The highest BCUT2D eigenvalue weighted by Crippen LogP contribution is 2.31. The van der Waals surface area contributed by atoms with Gasteiger partial charge in [0.1, 0.15) is 0 Å². The lowest BCUT2D eigenvalue weighted by atomic mass is 10.0. The molecule has 27 heavy (non-hydrogen) atoms. The van der Waals surface area contributed by atoms with E-state index in [-0.39, 0.29) is 17.1 Å². The molecule has 1 aliphatic rings. The van der Waals surface area contributed by atoms with Crippen molar-refractivity contribution >= 4 is 21.7 Å². The van der Waals surface area contributed by atoms with Gasteiger partial charge in [0.2, 0.25) is 0 Å². The molecule has 1 atom stereocenters. The van der Waals surface area contributed by atoms with E-state index < -0.39 is 32.9 Å². The van der Waals surface area contributed by atoms with Crippen LogP contribution in [0.1, 0.15) is 34.8 Å². The molecule has 0 aliphatic carbocycles. The zero-order valence-corrected chi connectivity index (χ0v) is 15.2. The van der Waals surface area contributed by atoms with Crippen molar-refractivity contribution in [2.75, 3.05) is 11.5 Å². The molecule has 1 aromatic heterocycles. The molecule has 1 fully saturated rings. The first-order valence-corrected chi connectivity index (χ1v) is 9.96. The van der Waals surface area contributed by atoms with E-state index >= 15 is 0 Å². The average Bonchev–Trinajstić information content (AvgIpc) is 3.17. The predicted octanol–water partition coefficient (Wildman–Crippen LogP) is 3.33. The minimum atomic E-state index is -4.52. The predicted molar refractivity (Wildman–Crippen MR) is 94.0 cm³/mol. The first-order valence-electron chi connectivity index (χ1n) is 8.14. The number of rotatable bonds is 4. The lowest BCUT2D eigenvalue weighted by molar-refractivity contribution is -0.137. The summed E-state index contributed by atoms with van der Waals surface area (Å²) in [7, 11) is -3.10. The van der Waals surface area contributed by atoms with E-state index in [1.54, 1.807) is 17.8 Å². The Labute approximate surface area is 154 Å². The van der Waals surface area contributed by atoms with Gasteiger partial charge < -0.3 is 0 Å². The van der Waals surface area contributed by atoms with E-state index in [9.17, 15) is 26.4 Å². The van der Waals surface area contributed by atoms with Crippen LogP contribution in [0.5, 0.6) is 0 Å². The van der Waals surface area contributed by atoms with Crippen LogP contribution in [-0.2, 0) is 21.6 Å². The van der Waals surface area contributed by atoms with Crippen LogP contribution < -0.4 is 0 Å². The van der Waals surface area contributed by atoms with Crippen LogP contribution in [0.15, 0.2) is 42.7 Å². The summed E-state index contributed by atoms with van der Waals surface area (Å²) in [6.07, 6.45) is 1.65. The maximum Gasteiger partial charge on any atom is 0.416 e. The van der Waals surface area contributed by atoms with Crippen LogP contribution in [0.25, 0.3) is 6.08 Å². The van der Waals surface area contributed by atoms with Gasteiger partial charge in [-0.1, -0.05) is 12.1 Å². The zero-order chi connectivity index (χ0) is 19.9. The lowest BCUT2D eigenvalue weighted by Gasteiger charge is -2.22. The number of sulfone groups is 1. The van der Waals surface area contributed by atoms with Crippen LogP contribution in [0, 0.1) is 0 Å². The fraction of sp³-hybridized carbons (Fsp3) is 0.333. The summed E-state index contributed by atoms with van der Waals surface area (Å²) in [5.41, 5.74) is -1.04. The maximum absolute atomic E-state index is 12.7. The Hall–Kier alpha value is -2.42. The number of aromatic nitrogens is 2. The Morgan fingerprint density at radius 2 is 2.07 bits per heavy atom. The third-order valence-electron chi connectivity index (χ3n) is 4.54. The third kappa shape index (κ3) is 4.29. The number of benzene rings is 1. The van der Waals surface area contributed by atoms with Gasteiger partial charge in [0.15, 0.2) is 15.6 Å². The SMILES string of the molecule is CC1(n2cc(C=CC(=O)c3cccc(C(F)(F)F)c3)cn2)CCS(=O)(=O)C1. The van der Waals surface area contributed by atoms with Gasteiger partial charge in [-0.25, -0.2) is 8.42 Å². The molecule has 0 saturated carbocycles. The summed E-state index contributed by atoms with van der Waals surface area (Å²) < 4.78 is 63.2. The first kappa shape index (κ1) is 19.3. The normalized spacial score (nSPS) is 22.4. The molecule has 144 valence electrons. The Morgan fingerprint density at radius 1 is 1.33 bits per heavy atom. The summed E-state index contributed by atoms with van der Waals surface area (Å²) in [4.78, 5) is 12.1. The number of alkyl halides is 3. The highest BCUT2D eigenvalue weighted by molar-refractivity contribution is 7.91. The molecule has 5 nitrogen and oxygen atoms in total. The van der Waals surface area contributed by atoms with Crippen molar-refractivity contribution in [3.63, 3.8) is 0 Å². The van der Waals surface area contributed by atoms with Gasteiger partial charge >= 0.3 is 6.18 Å². The van der Waals surface area contributed by atoms with Gasteiger partial charge in [0.25, 0.3) is 0 Å². The van der Waals surface area contributed by atoms with Gasteiger partial charge in [-0.3, -0.25) is 9.48 Å². The molecule has 0 N–H and O–H groups in total. The molecular weight excluding hydrogens is 381 g/mol. The topological polar surface area (TPSA) is 69.0 Å². The quantitative estimate of drug-likeness (QED) is 0.585. The summed E-state index contributed by atoms with van der Waals surface area (Å²) >= 11 is 0. The average molecular weight is 398 g/mol. The summed E-state index contributed by atoms with van der Waals surface area (Å²) in [5.74, 6) is -0.472. The Kier molecular flexibility index (Phi) is 4.75. The standard InChI is InChI=1S/C18H17F3N2O3S/c1-17(7-8-27(25,26)12-17)23-11-13(10-22-23)5-6-16(24)14-3-2-4-15(9-14)18(19,20)21/h2-6,9-11H,7-8,12H2,1H3. The molecular formula is C18H17F3N2O3S. The second-order valence-electron chi connectivity index (χ2n) is 6.83. The van der Waals surface area contributed by atoms with Crippen molar-refractivity contribution in [1.82, 2.24) is 9.78 Å². The van der Waals surface area contributed by atoms with Gasteiger partial charge in [-0.05, 0) is 37.6 Å². The molecule has 1 saturated heterocycles. The number of ketones is 1. The van der Waals surface area contributed by atoms with Crippen LogP contribution in [0.3, 0.4) is 0 Å². The number of nitrogens with zero attached hydrogens (tertiary/aromatic N) is 2. The van der Waals surface area contributed by atoms with Crippen molar-refractivity contribution in [1.29, 1.82) is 0 Å². The van der Waals surface area contributed by atoms with E-state index in [2.05, 4.69) is 5.10 Å². The monoisotopic (exact) mass is 398 g/mol. The van der Waals surface area contributed by atoms with E-state index in [4.69, 9.17) is 0 Å². The van der Waals surface area contributed by atoms with Gasteiger partial charge in [-0.15, -0.1) is 0 Å². The minimum Gasteiger partial charge on any atom is -0.289 e. The van der Waals surface area contributed by atoms with Gasteiger partial charge in [0.05, 0.1) is 28.8 Å². The molecule has 1 aromatic carbocycles. The Morgan fingerprint density at radius 3 is 2.70 bits per heavy atom. The maximum atomic E-state index is 12.7. The Balaban J connectivity index is 1.76. The molecule has 1 aliphatic heterocycles. The number of hydrogen-bond donors (Lipinski definition) is 0. The first-order chi connectivity index (χ1) is 12.5. The molecule has 2 heterocycles. The van der Waals surface area contributed by atoms with Gasteiger partial charge in [0, 0.05) is 17.3 Å². The van der Waals surface area contributed by atoms with E-state index in [0.29, 0.717) is 12.0 Å². The molecule has 9 heteroatoms. The van der Waals surface area contributed by atoms with Crippen molar-refractivity contribution in [3.05, 3.63) is 59.4 Å². The molecule has 2 aromatic rings. The highest BCUT2D eigenvalue weighted by Gasteiger charge is 2.40. The zero-order valence-electron chi connectivity index (χ0n) is 14.4. The second-order valence-corrected chi connectivity index (χ2v) is 9.02. The molecule has 1 unspecified atom stereocenters. The highest BCUT2D eigenvalue weighted by atomic mass is 32.2. The van der Waals surface area contributed by atoms with Crippen molar-refractivity contribution in [2.45, 2.75) is 25.1 Å². The fourth-order valence-corrected chi connectivity index (χ4v) is 5.13. The molecule has 0 spiro atoms. The number of allylic oxidation sites excluding steroid dienone is 1.